The summed E-state index contributed by atoms with van der Waals surface area (Å²) in [7, 11) is 0. The molecule has 0 saturated heterocycles. The van der Waals surface area contributed by atoms with Gasteiger partial charge in [-0.25, -0.2) is 9.67 Å². The van der Waals surface area contributed by atoms with Crippen molar-refractivity contribution in [2.24, 2.45) is 0 Å². The van der Waals surface area contributed by atoms with E-state index in [9.17, 15) is 4.79 Å². The number of aliphatic hydroxyl groups is 1. The van der Waals surface area contributed by atoms with E-state index in [1.165, 1.54) is 0 Å². The Morgan fingerprint density at radius 1 is 1.12 bits per heavy atom. The minimum Gasteiger partial charge on any atom is -0.395 e. The molecular weight excluding hydrogens is 372 g/mol. The highest BCUT2D eigenvalue weighted by Crippen LogP contribution is 2.23. The summed E-state index contributed by atoms with van der Waals surface area (Å²) in [5.41, 5.74) is 1.65. The summed E-state index contributed by atoms with van der Waals surface area (Å²) in [5.74, 6) is 0.213. The van der Waals surface area contributed by atoms with Crippen LogP contribution in [0.3, 0.4) is 0 Å². The van der Waals surface area contributed by atoms with Crippen LogP contribution in [0.2, 0.25) is 0 Å². The van der Waals surface area contributed by atoms with Gasteiger partial charge in [0.25, 0.3) is 5.91 Å². The number of hydrogen-bond acceptors (Lipinski definition) is 4. The normalized spacial score (nSPS) is 10.6. The molecule has 0 fully saturated rings. The van der Waals surface area contributed by atoms with Crippen LogP contribution in [-0.2, 0) is 0 Å². The summed E-state index contributed by atoms with van der Waals surface area (Å²) >= 11 is 3.41. The van der Waals surface area contributed by atoms with Crippen LogP contribution in [0.25, 0.3) is 17.1 Å². The van der Waals surface area contributed by atoms with Gasteiger partial charge in [0.15, 0.2) is 5.82 Å². The summed E-state index contributed by atoms with van der Waals surface area (Å²) in [6, 6.07) is 17.1. The zero-order chi connectivity index (χ0) is 16.9. The topological polar surface area (TPSA) is 80.0 Å². The molecule has 2 N–H and O–H groups in total. The van der Waals surface area contributed by atoms with E-state index >= 15 is 0 Å². The molecular formula is C17H15BrN4O2. The number of benzene rings is 2. The molecule has 0 unspecified atom stereocenters. The zero-order valence-corrected chi connectivity index (χ0v) is 14.3. The first-order chi connectivity index (χ1) is 11.7. The van der Waals surface area contributed by atoms with Crippen molar-refractivity contribution in [1.29, 1.82) is 0 Å². The Morgan fingerprint density at radius 3 is 2.50 bits per heavy atom. The Kier molecular flexibility index (Phi) is 5.02. The van der Waals surface area contributed by atoms with Crippen LogP contribution >= 0.6 is 15.9 Å². The van der Waals surface area contributed by atoms with E-state index in [1.54, 1.807) is 4.68 Å². The summed E-state index contributed by atoms with van der Waals surface area (Å²) in [4.78, 5) is 16.5. The highest BCUT2D eigenvalue weighted by atomic mass is 79.9. The van der Waals surface area contributed by atoms with Crippen molar-refractivity contribution in [3.63, 3.8) is 0 Å². The maximum Gasteiger partial charge on any atom is 0.291 e. The molecule has 3 aromatic rings. The number of nitrogens with one attached hydrogen (secondary N) is 1. The Bertz CT molecular complexity index is 832. The highest BCUT2D eigenvalue weighted by Gasteiger charge is 2.18. The average molecular weight is 387 g/mol. The number of nitrogens with zero attached hydrogens (tertiary/aromatic N) is 3. The second-order valence-electron chi connectivity index (χ2n) is 4.99. The molecule has 3 rings (SSSR count). The SMILES string of the molecule is O=C(NCCO)c1nc(-c2ccc(Br)cc2)n(-c2ccccc2)n1. The molecule has 0 atom stereocenters. The lowest BCUT2D eigenvalue weighted by atomic mass is 10.2. The Hall–Kier alpha value is -2.51. The summed E-state index contributed by atoms with van der Waals surface area (Å²) in [6.07, 6.45) is 0. The first kappa shape index (κ1) is 16.4. The lowest BCUT2D eigenvalue weighted by Crippen LogP contribution is -2.27. The van der Waals surface area contributed by atoms with Gasteiger partial charge in [0.05, 0.1) is 12.3 Å². The van der Waals surface area contributed by atoms with Gasteiger partial charge in [0.1, 0.15) is 0 Å². The molecule has 122 valence electrons. The number of amides is 1. The van der Waals surface area contributed by atoms with Gasteiger partial charge in [-0.2, -0.15) is 0 Å². The molecule has 24 heavy (non-hydrogen) atoms. The second-order valence-corrected chi connectivity index (χ2v) is 5.91. The fourth-order valence-corrected chi connectivity index (χ4v) is 2.46. The molecule has 1 heterocycles. The first-order valence-corrected chi connectivity index (χ1v) is 8.16. The molecule has 0 aliphatic carbocycles. The van der Waals surface area contributed by atoms with Crippen molar-refractivity contribution in [3.05, 3.63) is 64.9 Å². The maximum atomic E-state index is 12.1. The Morgan fingerprint density at radius 2 is 1.83 bits per heavy atom. The van der Waals surface area contributed by atoms with Crippen LogP contribution in [0.1, 0.15) is 10.6 Å². The van der Waals surface area contributed by atoms with E-state index < -0.39 is 5.91 Å². The van der Waals surface area contributed by atoms with Crippen molar-refractivity contribution in [2.75, 3.05) is 13.2 Å². The molecule has 2 aromatic carbocycles. The fraction of sp³-hybridized carbons (Fsp3) is 0.118. The minimum absolute atomic E-state index is 0.0604. The van der Waals surface area contributed by atoms with Gasteiger partial charge < -0.3 is 10.4 Å². The Balaban J connectivity index is 2.06. The fourth-order valence-electron chi connectivity index (χ4n) is 2.19. The summed E-state index contributed by atoms with van der Waals surface area (Å²) in [5, 5.41) is 15.7. The van der Waals surface area contributed by atoms with E-state index in [-0.39, 0.29) is 19.0 Å². The molecule has 1 amide bonds. The molecule has 1 aromatic heterocycles. The van der Waals surface area contributed by atoms with Crippen LogP contribution in [0, 0.1) is 0 Å². The minimum atomic E-state index is -0.419. The van der Waals surface area contributed by atoms with E-state index in [0.717, 1.165) is 15.7 Å². The maximum absolute atomic E-state index is 12.1. The van der Waals surface area contributed by atoms with Gasteiger partial charge in [-0.3, -0.25) is 4.79 Å². The lowest BCUT2D eigenvalue weighted by molar-refractivity contribution is 0.0934. The number of halogens is 1. The van der Waals surface area contributed by atoms with Crippen LogP contribution in [0.15, 0.2) is 59.1 Å². The average Bonchev–Trinajstić information content (AvgIpc) is 3.06. The van der Waals surface area contributed by atoms with Crippen LogP contribution in [0.4, 0.5) is 0 Å². The van der Waals surface area contributed by atoms with Crippen molar-refractivity contribution in [2.45, 2.75) is 0 Å². The molecule has 0 radical (unpaired) electrons. The number of aromatic nitrogens is 3. The number of carbonyl (C=O) groups excluding carboxylic acids is 1. The van der Waals surface area contributed by atoms with Crippen molar-refractivity contribution in [1.82, 2.24) is 20.1 Å². The Labute approximate surface area is 147 Å². The molecule has 0 bridgehead atoms. The van der Waals surface area contributed by atoms with E-state index in [1.807, 2.05) is 54.6 Å². The molecule has 0 aliphatic rings. The number of rotatable bonds is 5. The summed E-state index contributed by atoms with van der Waals surface area (Å²) < 4.78 is 2.59. The predicted octanol–water partition coefficient (Wildman–Crippen LogP) is 2.42. The van der Waals surface area contributed by atoms with Crippen molar-refractivity contribution in [3.8, 4) is 17.1 Å². The molecule has 6 nitrogen and oxygen atoms in total. The third kappa shape index (κ3) is 3.52. The van der Waals surface area contributed by atoms with E-state index in [0.29, 0.717) is 5.82 Å². The smallest absolute Gasteiger partial charge is 0.291 e. The third-order valence-corrected chi connectivity index (χ3v) is 3.84. The van der Waals surface area contributed by atoms with E-state index in [2.05, 4.69) is 31.3 Å². The number of para-hydroxylation sites is 1. The standard InChI is InChI=1S/C17H15BrN4O2/c18-13-8-6-12(7-9-13)16-20-15(17(24)19-10-11-23)21-22(16)14-4-2-1-3-5-14/h1-9,23H,10-11H2,(H,19,24). The van der Waals surface area contributed by atoms with E-state index in [4.69, 9.17) is 5.11 Å². The largest absolute Gasteiger partial charge is 0.395 e. The molecule has 0 saturated carbocycles. The number of aliphatic hydroxyl groups excluding tert-OH is 1. The predicted molar refractivity (Wildman–Crippen MR) is 93.9 cm³/mol. The number of hydrogen-bond donors (Lipinski definition) is 2. The van der Waals surface area contributed by atoms with Gasteiger partial charge in [0.2, 0.25) is 5.82 Å². The van der Waals surface area contributed by atoms with Gasteiger partial charge >= 0.3 is 0 Å². The van der Waals surface area contributed by atoms with Crippen LogP contribution in [-0.4, -0.2) is 38.9 Å². The summed E-state index contributed by atoms with van der Waals surface area (Å²) in [6.45, 7) is 0.0248. The van der Waals surface area contributed by atoms with Crippen LogP contribution in [0.5, 0.6) is 0 Å². The van der Waals surface area contributed by atoms with Gasteiger partial charge in [-0.1, -0.05) is 46.3 Å². The molecule has 0 spiro atoms. The van der Waals surface area contributed by atoms with Crippen molar-refractivity contribution < 1.29 is 9.90 Å². The number of carbonyl (C=O) groups is 1. The monoisotopic (exact) mass is 386 g/mol. The molecule has 0 aliphatic heterocycles. The van der Waals surface area contributed by atoms with Gasteiger partial charge in [-0.05, 0) is 24.3 Å². The highest BCUT2D eigenvalue weighted by molar-refractivity contribution is 9.10. The third-order valence-electron chi connectivity index (χ3n) is 3.31. The lowest BCUT2D eigenvalue weighted by Gasteiger charge is -2.05. The van der Waals surface area contributed by atoms with Crippen molar-refractivity contribution >= 4 is 21.8 Å². The second kappa shape index (κ2) is 7.37. The first-order valence-electron chi connectivity index (χ1n) is 7.36. The van der Waals surface area contributed by atoms with Gasteiger partial charge in [0, 0.05) is 16.6 Å². The van der Waals surface area contributed by atoms with Crippen LogP contribution < -0.4 is 5.32 Å². The zero-order valence-electron chi connectivity index (χ0n) is 12.7. The van der Waals surface area contributed by atoms with Gasteiger partial charge in [-0.15, -0.1) is 5.10 Å². The quantitative estimate of drug-likeness (QED) is 0.705. The molecule has 7 heteroatoms.